The van der Waals surface area contributed by atoms with Crippen molar-refractivity contribution >= 4 is 28.3 Å². The molecular weight excluding hydrogens is 440 g/mol. The molecule has 0 spiro atoms. The van der Waals surface area contributed by atoms with E-state index >= 15 is 0 Å². The molecule has 7 heteroatoms. The number of aliphatic hydroxyl groups is 1. The molecule has 1 atom stereocenters. The van der Waals surface area contributed by atoms with Crippen molar-refractivity contribution in [1.29, 1.82) is 0 Å². The van der Waals surface area contributed by atoms with E-state index in [1.807, 2.05) is 84.9 Å². The Kier molecular flexibility index (Phi) is 6.15. The number of methoxy groups -OCH3 is 1. The first-order valence-corrected chi connectivity index (χ1v) is 11.1. The van der Waals surface area contributed by atoms with Gasteiger partial charge in [0, 0.05) is 28.1 Å². The Hall–Kier alpha value is -4.62. The number of nitrogens with one attached hydrogen (secondary N) is 3. The number of aromatic amines is 1. The molecule has 4 aromatic carbocycles. The number of imidazole rings is 1. The minimum absolute atomic E-state index is 0.154. The van der Waals surface area contributed by atoms with Crippen molar-refractivity contribution in [2.24, 2.45) is 0 Å². The van der Waals surface area contributed by atoms with Crippen LogP contribution in [0.3, 0.4) is 0 Å². The van der Waals surface area contributed by atoms with Crippen LogP contribution in [0.25, 0.3) is 22.4 Å². The predicted molar refractivity (Wildman–Crippen MR) is 138 cm³/mol. The number of fused-ring (bicyclic) bond motifs is 1. The summed E-state index contributed by atoms with van der Waals surface area (Å²) in [6.45, 7) is 0. The number of carbonyl (C=O) groups excluding carboxylic acids is 1. The molecule has 4 N–H and O–H groups in total. The summed E-state index contributed by atoms with van der Waals surface area (Å²) in [6.07, 6.45) is -0.862. The van der Waals surface area contributed by atoms with E-state index in [2.05, 4.69) is 20.6 Å². The summed E-state index contributed by atoms with van der Waals surface area (Å²) in [5.41, 5.74) is 5.35. The van der Waals surface area contributed by atoms with Crippen LogP contribution >= 0.6 is 0 Å². The van der Waals surface area contributed by atoms with Crippen molar-refractivity contribution in [2.75, 3.05) is 17.7 Å². The Morgan fingerprint density at radius 1 is 0.914 bits per heavy atom. The quantitative estimate of drug-likeness (QED) is 0.235. The van der Waals surface area contributed by atoms with Gasteiger partial charge in [0.05, 0.1) is 18.1 Å². The third-order valence-electron chi connectivity index (χ3n) is 5.67. The van der Waals surface area contributed by atoms with Gasteiger partial charge in [0.15, 0.2) is 6.23 Å². The Labute approximate surface area is 202 Å². The Morgan fingerprint density at radius 3 is 2.34 bits per heavy atom. The number of aliphatic hydroxyl groups excluding tert-OH is 1. The minimum atomic E-state index is -0.862. The molecule has 0 saturated carbocycles. The predicted octanol–water partition coefficient (Wildman–Crippen LogP) is 5.59. The molecule has 174 valence electrons. The van der Waals surface area contributed by atoms with E-state index in [-0.39, 0.29) is 5.91 Å². The number of hydrogen-bond donors (Lipinski definition) is 4. The van der Waals surface area contributed by atoms with Crippen LogP contribution in [-0.2, 0) is 0 Å². The van der Waals surface area contributed by atoms with Crippen molar-refractivity contribution in [1.82, 2.24) is 9.97 Å². The number of amides is 1. The zero-order chi connectivity index (χ0) is 24.2. The molecule has 1 amide bonds. The van der Waals surface area contributed by atoms with Gasteiger partial charge in [-0.15, -0.1) is 0 Å². The molecule has 0 radical (unpaired) electrons. The third kappa shape index (κ3) is 5.00. The molecule has 1 aromatic heterocycles. The van der Waals surface area contributed by atoms with Crippen LogP contribution in [0, 0.1) is 0 Å². The van der Waals surface area contributed by atoms with Crippen molar-refractivity contribution in [3.05, 3.63) is 108 Å². The maximum atomic E-state index is 12.4. The lowest BCUT2D eigenvalue weighted by Gasteiger charge is -2.15. The molecule has 5 rings (SSSR count). The fraction of sp³-hybridized carbons (Fsp3) is 0.0714. The third-order valence-corrected chi connectivity index (χ3v) is 5.67. The van der Waals surface area contributed by atoms with Gasteiger partial charge in [0.1, 0.15) is 11.6 Å². The number of nitrogens with zero attached hydrogens (tertiary/aromatic N) is 1. The molecule has 0 fully saturated rings. The van der Waals surface area contributed by atoms with Gasteiger partial charge in [-0.1, -0.05) is 30.3 Å². The lowest BCUT2D eigenvalue weighted by Crippen LogP contribution is -2.11. The summed E-state index contributed by atoms with van der Waals surface area (Å²) < 4.78 is 5.16. The maximum absolute atomic E-state index is 12.4. The molecule has 0 bridgehead atoms. The lowest BCUT2D eigenvalue weighted by molar-refractivity contribution is 0.102. The van der Waals surface area contributed by atoms with Crippen LogP contribution in [0.2, 0.25) is 0 Å². The molecule has 1 heterocycles. The average molecular weight is 465 g/mol. The van der Waals surface area contributed by atoms with E-state index in [0.717, 1.165) is 33.6 Å². The highest BCUT2D eigenvalue weighted by Gasteiger charge is 2.11. The van der Waals surface area contributed by atoms with Gasteiger partial charge in [0.2, 0.25) is 0 Å². The fourth-order valence-corrected chi connectivity index (χ4v) is 3.77. The molecule has 0 aliphatic carbocycles. The number of carbonyl (C=O) groups is 1. The lowest BCUT2D eigenvalue weighted by atomic mass is 10.1. The van der Waals surface area contributed by atoms with Crippen LogP contribution < -0.4 is 15.4 Å². The van der Waals surface area contributed by atoms with E-state index in [1.165, 1.54) is 0 Å². The SMILES string of the molecule is COc1ccc(C(O)Nc2ccc3nc(-c4ccc(NC(=O)c5ccccc5)cc4)[nH]c3c2)cc1. The van der Waals surface area contributed by atoms with Crippen LogP contribution in [0.4, 0.5) is 11.4 Å². The second-order valence-electron chi connectivity index (χ2n) is 8.03. The van der Waals surface area contributed by atoms with Gasteiger partial charge in [-0.3, -0.25) is 4.79 Å². The topological polar surface area (TPSA) is 99.3 Å². The van der Waals surface area contributed by atoms with Crippen LogP contribution in [0.5, 0.6) is 5.75 Å². The second-order valence-corrected chi connectivity index (χ2v) is 8.03. The maximum Gasteiger partial charge on any atom is 0.255 e. The first kappa shape index (κ1) is 22.2. The van der Waals surface area contributed by atoms with Gasteiger partial charge in [-0.05, 0) is 66.7 Å². The van der Waals surface area contributed by atoms with Crippen LogP contribution in [0.15, 0.2) is 97.1 Å². The highest BCUT2D eigenvalue weighted by atomic mass is 16.5. The molecule has 5 aromatic rings. The highest BCUT2D eigenvalue weighted by molar-refractivity contribution is 6.04. The van der Waals surface area contributed by atoms with Gasteiger partial charge >= 0.3 is 0 Å². The van der Waals surface area contributed by atoms with Crippen LogP contribution in [0.1, 0.15) is 22.1 Å². The number of benzene rings is 4. The van der Waals surface area contributed by atoms with Gasteiger partial charge in [-0.2, -0.15) is 0 Å². The van der Waals surface area contributed by atoms with Gasteiger partial charge in [-0.25, -0.2) is 4.98 Å². The van der Waals surface area contributed by atoms with Crippen molar-refractivity contribution < 1.29 is 14.6 Å². The molecule has 7 nitrogen and oxygen atoms in total. The highest BCUT2D eigenvalue weighted by Crippen LogP contribution is 2.26. The monoisotopic (exact) mass is 464 g/mol. The van der Waals surface area contributed by atoms with E-state index in [4.69, 9.17) is 4.74 Å². The Morgan fingerprint density at radius 2 is 1.63 bits per heavy atom. The first-order chi connectivity index (χ1) is 17.1. The van der Waals surface area contributed by atoms with E-state index in [0.29, 0.717) is 17.1 Å². The number of hydrogen-bond acceptors (Lipinski definition) is 5. The molecule has 0 aliphatic rings. The number of aromatic nitrogens is 2. The first-order valence-electron chi connectivity index (χ1n) is 11.1. The molecule has 0 saturated heterocycles. The van der Waals surface area contributed by atoms with E-state index in [1.54, 1.807) is 19.2 Å². The zero-order valence-corrected chi connectivity index (χ0v) is 19.0. The largest absolute Gasteiger partial charge is 0.497 e. The molecular formula is C28H24N4O3. The summed E-state index contributed by atoms with van der Waals surface area (Å²) in [4.78, 5) is 20.4. The average Bonchev–Trinajstić information content (AvgIpc) is 3.33. The number of rotatable bonds is 7. The van der Waals surface area contributed by atoms with Crippen molar-refractivity contribution in [3.8, 4) is 17.1 Å². The van der Waals surface area contributed by atoms with Crippen LogP contribution in [-0.4, -0.2) is 28.1 Å². The normalized spacial score (nSPS) is 11.7. The zero-order valence-electron chi connectivity index (χ0n) is 19.0. The molecule has 1 unspecified atom stereocenters. The van der Waals surface area contributed by atoms with Crippen molar-refractivity contribution in [2.45, 2.75) is 6.23 Å². The Balaban J connectivity index is 1.29. The smallest absolute Gasteiger partial charge is 0.255 e. The minimum Gasteiger partial charge on any atom is -0.497 e. The summed E-state index contributed by atoms with van der Waals surface area (Å²) >= 11 is 0. The number of ether oxygens (including phenoxy) is 1. The number of anilines is 2. The number of H-pyrrole nitrogens is 1. The molecule has 35 heavy (non-hydrogen) atoms. The summed E-state index contributed by atoms with van der Waals surface area (Å²) in [5.74, 6) is 1.30. The van der Waals surface area contributed by atoms with Crippen molar-refractivity contribution in [3.63, 3.8) is 0 Å². The molecule has 0 aliphatic heterocycles. The summed E-state index contributed by atoms with van der Waals surface area (Å²) in [5, 5.41) is 16.5. The summed E-state index contributed by atoms with van der Waals surface area (Å²) in [6, 6.07) is 29.5. The van der Waals surface area contributed by atoms with E-state index in [9.17, 15) is 9.90 Å². The summed E-state index contributed by atoms with van der Waals surface area (Å²) in [7, 11) is 1.61. The Bertz CT molecular complexity index is 1450. The van der Waals surface area contributed by atoms with Gasteiger partial charge < -0.3 is 25.5 Å². The van der Waals surface area contributed by atoms with Gasteiger partial charge in [0.25, 0.3) is 5.91 Å². The standard InChI is InChI=1S/C28H24N4O3/c1-35-23-14-9-20(10-15-23)28(34)30-22-13-16-24-25(17-22)32-26(31-24)18-7-11-21(12-8-18)29-27(33)19-5-3-2-4-6-19/h2-17,28,30,34H,1H3,(H,29,33)(H,31,32). The van der Waals surface area contributed by atoms with E-state index < -0.39 is 6.23 Å². The second kappa shape index (κ2) is 9.70. The fourth-order valence-electron chi connectivity index (χ4n) is 3.77.